The standard InChI is InChI=1S/C22H32N4O3/c1-7-16(4)26(22(28)23-15(2)3)14-17-13-18(10-11-19(17)25(5)6)24-21(27)20-9-8-12-29-20/h8-13,15-16H,7,14H2,1-6H3,(H,23,28)(H,24,27). The molecule has 1 atom stereocenters. The van der Waals surface area contributed by atoms with Crippen LogP contribution in [0, 0.1) is 0 Å². The van der Waals surface area contributed by atoms with Crippen LogP contribution in [0.2, 0.25) is 0 Å². The first-order chi connectivity index (χ1) is 13.7. The SMILES string of the molecule is CCC(C)N(Cc1cc(NC(=O)c2ccco2)ccc1N(C)C)C(=O)NC(C)C. The van der Waals surface area contributed by atoms with Crippen LogP contribution in [0.5, 0.6) is 0 Å². The molecule has 7 heteroatoms. The summed E-state index contributed by atoms with van der Waals surface area (Å²) in [6.45, 7) is 8.43. The fourth-order valence-corrected chi connectivity index (χ4v) is 2.99. The molecular weight excluding hydrogens is 368 g/mol. The Morgan fingerprint density at radius 1 is 1.14 bits per heavy atom. The number of hydrogen-bond acceptors (Lipinski definition) is 4. The molecule has 3 amide bonds. The van der Waals surface area contributed by atoms with Crippen molar-refractivity contribution < 1.29 is 14.0 Å². The summed E-state index contributed by atoms with van der Waals surface area (Å²) in [6.07, 6.45) is 2.31. The first kappa shape index (κ1) is 22.3. The molecule has 29 heavy (non-hydrogen) atoms. The predicted octanol–water partition coefficient (Wildman–Crippen LogP) is 4.32. The molecule has 1 aromatic heterocycles. The first-order valence-electron chi connectivity index (χ1n) is 9.95. The van der Waals surface area contributed by atoms with E-state index in [1.165, 1.54) is 6.26 Å². The number of furan rings is 1. The van der Waals surface area contributed by atoms with Crippen LogP contribution in [0.4, 0.5) is 16.2 Å². The van der Waals surface area contributed by atoms with Gasteiger partial charge in [-0.3, -0.25) is 4.79 Å². The third kappa shape index (κ3) is 6.01. The quantitative estimate of drug-likeness (QED) is 0.692. The Kier molecular flexibility index (Phi) is 7.70. The van der Waals surface area contributed by atoms with Gasteiger partial charge in [0.05, 0.1) is 6.26 Å². The zero-order valence-electron chi connectivity index (χ0n) is 18.2. The molecule has 0 aliphatic rings. The van der Waals surface area contributed by atoms with Gasteiger partial charge < -0.3 is 24.9 Å². The summed E-state index contributed by atoms with van der Waals surface area (Å²) in [4.78, 5) is 28.9. The van der Waals surface area contributed by atoms with Crippen LogP contribution in [-0.2, 0) is 6.54 Å². The molecule has 158 valence electrons. The molecule has 1 aromatic carbocycles. The van der Waals surface area contributed by atoms with Gasteiger partial charge in [-0.15, -0.1) is 0 Å². The zero-order valence-corrected chi connectivity index (χ0v) is 18.2. The lowest BCUT2D eigenvalue weighted by Gasteiger charge is -2.31. The lowest BCUT2D eigenvalue weighted by molar-refractivity contribution is 0.0996. The van der Waals surface area contributed by atoms with Crippen LogP contribution < -0.4 is 15.5 Å². The molecule has 2 rings (SSSR count). The third-order valence-corrected chi connectivity index (χ3v) is 4.70. The summed E-state index contributed by atoms with van der Waals surface area (Å²) in [7, 11) is 3.92. The Bertz CT molecular complexity index is 815. The Morgan fingerprint density at radius 2 is 1.86 bits per heavy atom. The van der Waals surface area contributed by atoms with E-state index in [1.54, 1.807) is 12.1 Å². The number of urea groups is 1. The Labute approximate surface area is 173 Å². The number of carbonyl (C=O) groups excluding carboxylic acids is 2. The van der Waals surface area contributed by atoms with E-state index in [0.29, 0.717) is 12.2 Å². The molecule has 0 aliphatic heterocycles. The minimum atomic E-state index is -0.310. The van der Waals surface area contributed by atoms with E-state index in [1.807, 2.05) is 62.9 Å². The normalized spacial score (nSPS) is 11.8. The van der Waals surface area contributed by atoms with Crippen molar-refractivity contribution in [2.45, 2.75) is 52.7 Å². The third-order valence-electron chi connectivity index (χ3n) is 4.70. The minimum Gasteiger partial charge on any atom is -0.459 e. The lowest BCUT2D eigenvalue weighted by Crippen LogP contribution is -2.46. The van der Waals surface area contributed by atoms with Crippen LogP contribution in [0.15, 0.2) is 41.0 Å². The highest BCUT2D eigenvalue weighted by molar-refractivity contribution is 6.02. The van der Waals surface area contributed by atoms with Gasteiger partial charge in [0, 0.05) is 44.1 Å². The Morgan fingerprint density at radius 3 is 2.41 bits per heavy atom. The number of benzene rings is 1. The summed E-state index contributed by atoms with van der Waals surface area (Å²) >= 11 is 0. The van der Waals surface area contributed by atoms with Crippen molar-refractivity contribution in [3.8, 4) is 0 Å². The van der Waals surface area contributed by atoms with Crippen molar-refractivity contribution in [3.05, 3.63) is 47.9 Å². The van der Waals surface area contributed by atoms with Crippen molar-refractivity contribution in [1.82, 2.24) is 10.2 Å². The first-order valence-corrected chi connectivity index (χ1v) is 9.95. The number of carbonyl (C=O) groups is 2. The van der Waals surface area contributed by atoms with E-state index in [9.17, 15) is 9.59 Å². The molecule has 0 spiro atoms. The number of hydrogen-bond donors (Lipinski definition) is 2. The Balaban J connectivity index is 2.31. The van der Waals surface area contributed by atoms with Gasteiger partial charge >= 0.3 is 6.03 Å². The monoisotopic (exact) mass is 400 g/mol. The molecule has 0 bridgehead atoms. The molecule has 0 aliphatic carbocycles. The van der Waals surface area contributed by atoms with E-state index in [4.69, 9.17) is 4.42 Å². The van der Waals surface area contributed by atoms with E-state index in [0.717, 1.165) is 17.7 Å². The molecule has 0 saturated carbocycles. The number of amides is 3. The molecular formula is C22H32N4O3. The van der Waals surface area contributed by atoms with Gasteiger partial charge in [0.25, 0.3) is 5.91 Å². The number of nitrogens with zero attached hydrogens (tertiary/aromatic N) is 2. The van der Waals surface area contributed by atoms with E-state index in [-0.39, 0.29) is 29.8 Å². The average Bonchev–Trinajstić information content (AvgIpc) is 3.19. The van der Waals surface area contributed by atoms with Crippen LogP contribution in [0.1, 0.15) is 50.2 Å². The number of anilines is 2. The second-order valence-electron chi connectivity index (χ2n) is 7.66. The summed E-state index contributed by atoms with van der Waals surface area (Å²) in [6, 6.07) is 9.03. The Hall–Kier alpha value is -2.96. The molecule has 1 unspecified atom stereocenters. The highest BCUT2D eigenvalue weighted by Crippen LogP contribution is 2.26. The fraction of sp³-hybridized carbons (Fsp3) is 0.455. The van der Waals surface area contributed by atoms with Gasteiger partial charge in [0.15, 0.2) is 5.76 Å². The van der Waals surface area contributed by atoms with Gasteiger partial charge in [-0.2, -0.15) is 0 Å². The largest absolute Gasteiger partial charge is 0.459 e. The van der Waals surface area contributed by atoms with Crippen LogP contribution >= 0.6 is 0 Å². The van der Waals surface area contributed by atoms with Crippen molar-refractivity contribution in [2.24, 2.45) is 0 Å². The van der Waals surface area contributed by atoms with Crippen LogP contribution in [0.25, 0.3) is 0 Å². The van der Waals surface area contributed by atoms with Gasteiger partial charge in [-0.25, -0.2) is 4.79 Å². The maximum atomic E-state index is 12.8. The van der Waals surface area contributed by atoms with Crippen molar-refractivity contribution >= 4 is 23.3 Å². The fourth-order valence-electron chi connectivity index (χ4n) is 2.99. The van der Waals surface area contributed by atoms with E-state index in [2.05, 4.69) is 17.6 Å². The topological polar surface area (TPSA) is 77.8 Å². The maximum Gasteiger partial charge on any atom is 0.318 e. The van der Waals surface area contributed by atoms with Crippen molar-refractivity contribution in [3.63, 3.8) is 0 Å². The second kappa shape index (κ2) is 10.0. The summed E-state index contributed by atoms with van der Waals surface area (Å²) in [5.41, 5.74) is 2.60. The zero-order chi connectivity index (χ0) is 21.6. The van der Waals surface area contributed by atoms with Crippen molar-refractivity contribution in [2.75, 3.05) is 24.3 Å². The molecule has 7 nitrogen and oxygen atoms in total. The van der Waals surface area contributed by atoms with Crippen molar-refractivity contribution in [1.29, 1.82) is 0 Å². The second-order valence-corrected chi connectivity index (χ2v) is 7.66. The molecule has 2 N–H and O–H groups in total. The van der Waals surface area contributed by atoms with Gasteiger partial charge in [-0.1, -0.05) is 6.92 Å². The average molecular weight is 401 g/mol. The molecule has 2 aromatic rings. The summed E-state index contributed by atoms with van der Waals surface area (Å²) in [5.74, 6) is -0.0596. The molecule has 1 heterocycles. The van der Waals surface area contributed by atoms with Gasteiger partial charge in [-0.05, 0) is 63.1 Å². The van der Waals surface area contributed by atoms with E-state index < -0.39 is 0 Å². The van der Waals surface area contributed by atoms with Crippen LogP contribution in [0.3, 0.4) is 0 Å². The number of rotatable bonds is 8. The lowest BCUT2D eigenvalue weighted by atomic mass is 10.1. The molecule has 0 saturated heterocycles. The maximum absolute atomic E-state index is 12.8. The summed E-state index contributed by atoms with van der Waals surface area (Å²) in [5, 5.41) is 5.84. The molecule has 0 fully saturated rings. The minimum absolute atomic E-state index is 0.0568. The van der Waals surface area contributed by atoms with Gasteiger partial charge in [0.2, 0.25) is 0 Å². The molecule has 0 radical (unpaired) electrons. The number of nitrogens with one attached hydrogen (secondary N) is 2. The van der Waals surface area contributed by atoms with E-state index >= 15 is 0 Å². The summed E-state index contributed by atoms with van der Waals surface area (Å²) < 4.78 is 5.16. The van der Waals surface area contributed by atoms with Crippen LogP contribution in [-0.4, -0.2) is 43.0 Å². The predicted molar refractivity (Wildman–Crippen MR) is 116 cm³/mol. The van der Waals surface area contributed by atoms with Gasteiger partial charge in [0.1, 0.15) is 0 Å². The highest BCUT2D eigenvalue weighted by atomic mass is 16.3. The smallest absolute Gasteiger partial charge is 0.318 e. The highest BCUT2D eigenvalue weighted by Gasteiger charge is 2.22.